The summed E-state index contributed by atoms with van der Waals surface area (Å²) in [4.78, 5) is 11.6. The standard InChI is InChI=1S/C16H26N2O/c1-11(15-10-12-4-5-13(15)9-12)17-8-2-3-16(19)18-14-6-7-14/h4-5,11-15,17H,2-3,6-10H2,1H3,(H,18,19). The van der Waals surface area contributed by atoms with Crippen molar-refractivity contribution in [2.45, 2.75) is 57.5 Å². The van der Waals surface area contributed by atoms with Crippen LogP contribution in [-0.4, -0.2) is 24.5 Å². The first kappa shape index (κ1) is 13.2. The molecular formula is C16H26N2O. The number of hydrogen-bond donors (Lipinski definition) is 2. The summed E-state index contributed by atoms with van der Waals surface area (Å²) in [5, 5.41) is 6.66. The smallest absolute Gasteiger partial charge is 0.220 e. The third-order valence-corrected chi connectivity index (χ3v) is 4.96. The lowest BCUT2D eigenvalue weighted by atomic mass is 9.87. The molecule has 0 spiro atoms. The fraction of sp³-hybridized carbons (Fsp3) is 0.812. The normalized spacial score (nSPS) is 33.6. The molecule has 3 aliphatic carbocycles. The van der Waals surface area contributed by atoms with Crippen molar-refractivity contribution in [2.75, 3.05) is 6.54 Å². The van der Waals surface area contributed by atoms with E-state index in [9.17, 15) is 4.79 Å². The van der Waals surface area contributed by atoms with Crippen LogP contribution >= 0.6 is 0 Å². The van der Waals surface area contributed by atoms with Gasteiger partial charge in [0.15, 0.2) is 0 Å². The summed E-state index contributed by atoms with van der Waals surface area (Å²) in [5.74, 6) is 2.71. The number of rotatable bonds is 7. The van der Waals surface area contributed by atoms with Crippen LogP contribution < -0.4 is 10.6 Å². The Hall–Kier alpha value is -0.830. The average molecular weight is 262 g/mol. The third-order valence-electron chi connectivity index (χ3n) is 4.96. The van der Waals surface area contributed by atoms with Crippen molar-refractivity contribution in [1.29, 1.82) is 0 Å². The number of hydrogen-bond acceptors (Lipinski definition) is 2. The Morgan fingerprint density at radius 3 is 2.79 bits per heavy atom. The van der Waals surface area contributed by atoms with E-state index in [1.54, 1.807) is 0 Å². The molecule has 3 aliphatic rings. The van der Waals surface area contributed by atoms with Crippen LogP contribution in [0.2, 0.25) is 0 Å². The molecule has 0 aromatic rings. The molecular weight excluding hydrogens is 236 g/mol. The zero-order valence-corrected chi connectivity index (χ0v) is 11.9. The van der Waals surface area contributed by atoms with Gasteiger partial charge in [0.05, 0.1) is 0 Å². The first-order valence-electron chi connectivity index (χ1n) is 7.93. The van der Waals surface area contributed by atoms with Crippen molar-refractivity contribution in [3.05, 3.63) is 12.2 Å². The molecule has 0 heterocycles. The maximum Gasteiger partial charge on any atom is 0.220 e. The molecule has 2 N–H and O–H groups in total. The molecule has 2 fully saturated rings. The van der Waals surface area contributed by atoms with E-state index in [0.717, 1.165) is 30.7 Å². The minimum absolute atomic E-state index is 0.236. The average Bonchev–Trinajstić information content (AvgIpc) is 2.96. The maximum atomic E-state index is 11.6. The van der Waals surface area contributed by atoms with Crippen LogP contribution in [0.15, 0.2) is 12.2 Å². The van der Waals surface area contributed by atoms with Gasteiger partial charge in [-0.25, -0.2) is 0 Å². The van der Waals surface area contributed by atoms with E-state index in [1.807, 2.05) is 0 Å². The maximum absolute atomic E-state index is 11.6. The number of fused-ring (bicyclic) bond motifs is 2. The van der Waals surface area contributed by atoms with Crippen LogP contribution in [0.1, 0.15) is 45.4 Å². The molecule has 2 bridgehead atoms. The van der Waals surface area contributed by atoms with Gasteiger partial charge in [-0.2, -0.15) is 0 Å². The third kappa shape index (κ3) is 3.38. The monoisotopic (exact) mass is 262 g/mol. The highest BCUT2D eigenvalue weighted by molar-refractivity contribution is 5.76. The molecule has 3 heteroatoms. The molecule has 4 unspecified atom stereocenters. The lowest BCUT2D eigenvalue weighted by Gasteiger charge is -2.26. The largest absolute Gasteiger partial charge is 0.353 e. The highest BCUT2D eigenvalue weighted by Gasteiger charge is 2.38. The van der Waals surface area contributed by atoms with Gasteiger partial charge < -0.3 is 10.6 Å². The quantitative estimate of drug-likeness (QED) is 0.546. The Labute approximate surface area is 116 Å². The van der Waals surface area contributed by atoms with Crippen molar-refractivity contribution in [3.63, 3.8) is 0 Å². The van der Waals surface area contributed by atoms with E-state index >= 15 is 0 Å². The Bertz CT molecular complexity index is 362. The molecule has 4 atom stereocenters. The van der Waals surface area contributed by atoms with Gasteiger partial charge in [0.1, 0.15) is 0 Å². The molecule has 106 valence electrons. The van der Waals surface area contributed by atoms with Gasteiger partial charge in [0, 0.05) is 18.5 Å². The predicted molar refractivity (Wildman–Crippen MR) is 76.7 cm³/mol. The summed E-state index contributed by atoms with van der Waals surface area (Å²) >= 11 is 0. The number of amides is 1. The highest BCUT2D eigenvalue weighted by atomic mass is 16.1. The summed E-state index contributed by atoms with van der Waals surface area (Å²) in [6.45, 7) is 3.28. The van der Waals surface area contributed by atoms with Crippen LogP contribution in [0.4, 0.5) is 0 Å². The van der Waals surface area contributed by atoms with Crippen LogP contribution in [0.25, 0.3) is 0 Å². The molecule has 0 radical (unpaired) electrons. The minimum atomic E-state index is 0.236. The highest BCUT2D eigenvalue weighted by Crippen LogP contribution is 2.44. The second kappa shape index (κ2) is 5.66. The van der Waals surface area contributed by atoms with Crippen LogP contribution in [0, 0.1) is 17.8 Å². The first-order chi connectivity index (χ1) is 9.22. The van der Waals surface area contributed by atoms with Gasteiger partial charge in [-0.1, -0.05) is 12.2 Å². The van der Waals surface area contributed by atoms with E-state index in [4.69, 9.17) is 0 Å². The van der Waals surface area contributed by atoms with Gasteiger partial charge in [-0.05, 0) is 63.3 Å². The van der Waals surface area contributed by atoms with E-state index in [-0.39, 0.29) is 5.91 Å². The molecule has 19 heavy (non-hydrogen) atoms. The zero-order valence-electron chi connectivity index (χ0n) is 11.9. The van der Waals surface area contributed by atoms with E-state index in [2.05, 4.69) is 29.7 Å². The summed E-state index contributed by atoms with van der Waals surface area (Å²) in [5.41, 5.74) is 0. The lowest BCUT2D eigenvalue weighted by Crippen LogP contribution is -2.36. The Morgan fingerprint density at radius 1 is 1.32 bits per heavy atom. The van der Waals surface area contributed by atoms with Gasteiger partial charge in [0.2, 0.25) is 5.91 Å². The zero-order chi connectivity index (χ0) is 13.2. The van der Waals surface area contributed by atoms with Crippen molar-refractivity contribution in [2.24, 2.45) is 17.8 Å². The van der Waals surface area contributed by atoms with Gasteiger partial charge in [0.25, 0.3) is 0 Å². The molecule has 1 amide bonds. The van der Waals surface area contributed by atoms with E-state index in [0.29, 0.717) is 18.5 Å². The van der Waals surface area contributed by atoms with Crippen LogP contribution in [-0.2, 0) is 4.79 Å². The summed E-state index contributed by atoms with van der Waals surface area (Å²) in [6.07, 6.45) is 11.5. The molecule has 0 aromatic carbocycles. The van der Waals surface area contributed by atoms with Gasteiger partial charge in [-0.15, -0.1) is 0 Å². The Kier molecular flexibility index (Phi) is 3.92. The summed E-state index contributed by atoms with van der Waals surface area (Å²) < 4.78 is 0. The summed E-state index contributed by atoms with van der Waals surface area (Å²) in [7, 11) is 0. The molecule has 2 saturated carbocycles. The number of carbonyl (C=O) groups excluding carboxylic acids is 1. The Morgan fingerprint density at radius 2 is 2.16 bits per heavy atom. The van der Waals surface area contributed by atoms with Crippen molar-refractivity contribution < 1.29 is 4.79 Å². The van der Waals surface area contributed by atoms with Crippen LogP contribution in [0.5, 0.6) is 0 Å². The van der Waals surface area contributed by atoms with Gasteiger partial charge in [-0.3, -0.25) is 4.79 Å². The lowest BCUT2D eigenvalue weighted by molar-refractivity contribution is -0.121. The molecule has 3 rings (SSSR count). The predicted octanol–water partition coefficient (Wildman–Crippen LogP) is 2.24. The van der Waals surface area contributed by atoms with E-state index < -0.39 is 0 Å². The fourth-order valence-corrected chi connectivity index (χ4v) is 3.66. The Balaban J connectivity index is 1.29. The summed E-state index contributed by atoms with van der Waals surface area (Å²) in [6, 6.07) is 1.09. The molecule has 0 saturated heterocycles. The van der Waals surface area contributed by atoms with Crippen molar-refractivity contribution in [3.8, 4) is 0 Å². The minimum Gasteiger partial charge on any atom is -0.353 e. The van der Waals surface area contributed by atoms with Gasteiger partial charge >= 0.3 is 0 Å². The number of nitrogens with one attached hydrogen (secondary N) is 2. The van der Waals surface area contributed by atoms with Crippen LogP contribution in [0.3, 0.4) is 0 Å². The topological polar surface area (TPSA) is 41.1 Å². The first-order valence-corrected chi connectivity index (χ1v) is 7.93. The second-order valence-corrected chi connectivity index (χ2v) is 6.63. The second-order valence-electron chi connectivity index (χ2n) is 6.63. The number of allylic oxidation sites excluding steroid dienone is 2. The SMILES string of the molecule is CC(NCCCC(=O)NC1CC1)C1CC2C=CC1C2. The molecule has 3 nitrogen and oxygen atoms in total. The van der Waals surface area contributed by atoms with Crippen molar-refractivity contribution >= 4 is 5.91 Å². The fourth-order valence-electron chi connectivity index (χ4n) is 3.66. The van der Waals surface area contributed by atoms with E-state index in [1.165, 1.54) is 25.7 Å². The molecule has 0 aromatic heterocycles. The number of carbonyl (C=O) groups is 1. The van der Waals surface area contributed by atoms with Crippen molar-refractivity contribution in [1.82, 2.24) is 10.6 Å². The molecule has 0 aliphatic heterocycles.